The molecule has 0 bridgehead atoms. The highest BCUT2D eigenvalue weighted by Gasteiger charge is 2.35. The van der Waals surface area contributed by atoms with Crippen molar-refractivity contribution in [2.45, 2.75) is 19.8 Å². The van der Waals surface area contributed by atoms with Gasteiger partial charge in [0, 0.05) is 24.3 Å². The molecule has 4 nitrogen and oxygen atoms in total. The third kappa shape index (κ3) is 3.26. The molecule has 1 heterocycles. The second-order valence-corrected chi connectivity index (χ2v) is 5.74. The second kappa shape index (κ2) is 6.65. The van der Waals surface area contributed by atoms with Crippen molar-refractivity contribution in [3.05, 3.63) is 60.2 Å². The highest BCUT2D eigenvalue weighted by atomic mass is 16.2. The van der Waals surface area contributed by atoms with Gasteiger partial charge < -0.3 is 10.2 Å². The minimum absolute atomic E-state index is 0.0131. The average Bonchev–Trinajstić information content (AvgIpc) is 2.97. The zero-order valence-electron chi connectivity index (χ0n) is 13.2. The van der Waals surface area contributed by atoms with Gasteiger partial charge in [0.2, 0.25) is 11.8 Å². The largest absolute Gasteiger partial charge is 0.326 e. The molecule has 1 saturated heterocycles. The first kappa shape index (κ1) is 15.3. The Bertz CT molecular complexity index is 712. The molecule has 2 amide bonds. The maximum Gasteiger partial charge on any atom is 0.229 e. The molecule has 0 aliphatic carbocycles. The van der Waals surface area contributed by atoms with Gasteiger partial charge in [-0.05, 0) is 30.2 Å². The summed E-state index contributed by atoms with van der Waals surface area (Å²) in [6.45, 7) is 2.51. The first-order valence-electron chi connectivity index (χ1n) is 7.93. The Morgan fingerprint density at radius 2 is 1.83 bits per heavy atom. The minimum atomic E-state index is -0.312. The number of aryl methyl sites for hydroxylation is 1. The van der Waals surface area contributed by atoms with E-state index in [0.717, 1.165) is 23.4 Å². The Kier molecular flexibility index (Phi) is 4.42. The van der Waals surface area contributed by atoms with E-state index in [9.17, 15) is 9.59 Å². The highest BCUT2D eigenvalue weighted by molar-refractivity contribution is 6.03. The predicted molar refractivity (Wildman–Crippen MR) is 91.4 cm³/mol. The Balaban J connectivity index is 1.73. The summed E-state index contributed by atoms with van der Waals surface area (Å²) in [5.41, 5.74) is 2.82. The normalized spacial score (nSPS) is 17.3. The van der Waals surface area contributed by atoms with E-state index in [-0.39, 0.29) is 24.2 Å². The van der Waals surface area contributed by atoms with E-state index in [1.807, 2.05) is 54.6 Å². The molecule has 2 aromatic carbocycles. The lowest BCUT2D eigenvalue weighted by molar-refractivity contribution is -0.122. The Morgan fingerprint density at radius 1 is 1.13 bits per heavy atom. The van der Waals surface area contributed by atoms with Crippen molar-refractivity contribution in [1.29, 1.82) is 0 Å². The van der Waals surface area contributed by atoms with Gasteiger partial charge in [-0.1, -0.05) is 43.3 Å². The van der Waals surface area contributed by atoms with Crippen molar-refractivity contribution in [3.63, 3.8) is 0 Å². The summed E-state index contributed by atoms with van der Waals surface area (Å²) in [4.78, 5) is 26.5. The number of anilines is 2. The SMILES string of the molecule is CCc1ccccc1N1C[C@@H](C(=O)Nc2ccccc2)CC1=O. The molecule has 23 heavy (non-hydrogen) atoms. The summed E-state index contributed by atoms with van der Waals surface area (Å²) < 4.78 is 0. The number of hydrogen-bond acceptors (Lipinski definition) is 2. The number of benzene rings is 2. The smallest absolute Gasteiger partial charge is 0.229 e. The van der Waals surface area contributed by atoms with E-state index < -0.39 is 0 Å². The third-order valence-electron chi connectivity index (χ3n) is 4.20. The fourth-order valence-electron chi connectivity index (χ4n) is 2.95. The van der Waals surface area contributed by atoms with Crippen molar-refractivity contribution in [2.24, 2.45) is 5.92 Å². The van der Waals surface area contributed by atoms with Gasteiger partial charge in [0.25, 0.3) is 0 Å². The van der Waals surface area contributed by atoms with E-state index in [4.69, 9.17) is 0 Å². The maximum absolute atomic E-state index is 12.4. The fraction of sp³-hybridized carbons (Fsp3) is 0.263. The van der Waals surface area contributed by atoms with Crippen molar-refractivity contribution in [1.82, 2.24) is 0 Å². The van der Waals surface area contributed by atoms with Crippen LogP contribution in [0.15, 0.2) is 54.6 Å². The van der Waals surface area contributed by atoms with Crippen LogP contribution in [0.25, 0.3) is 0 Å². The monoisotopic (exact) mass is 308 g/mol. The number of nitrogens with zero attached hydrogens (tertiary/aromatic N) is 1. The first-order valence-corrected chi connectivity index (χ1v) is 7.93. The summed E-state index contributed by atoms with van der Waals surface area (Å²) in [5, 5.41) is 2.89. The van der Waals surface area contributed by atoms with Gasteiger partial charge in [0.1, 0.15) is 0 Å². The summed E-state index contributed by atoms with van der Waals surface area (Å²) in [5.74, 6) is -0.396. The molecule has 0 unspecified atom stereocenters. The molecule has 1 aliphatic heterocycles. The molecule has 1 atom stereocenters. The van der Waals surface area contributed by atoms with Crippen molar-refractivity contribution in [3.8, 4) is 0 Å². The minimum Gasteiger partial charge on any atom is -0.326 e. The van der Waals surface area contributed by atoms with E-state index >= 15 is 0 Å². The molecular weight excluding hydrogens is 288 g/mol. The lowest BCUT2D eigenvalue weighted by Gasteiger charge is -2.20. The van der Waals surface area contributed by atoms with Crippen molar-refractivity contribution in [2.75, 3.05) is 16.8 Å². The number of para-hydroxylation sites is 2. The topological polar surface area (TPSA) is 49.4 Å². The first-order chi connectivity index (χ1) is 11.2. The van der Waals surface area contributed by atoms with E-state index in [1.54, 1.807) is 4.90 Å². The summed E-state index contributed by atoms with van der Waals surface area (Å²) in [7, 11) is 0. The predicted octanol–water partition coefficient (Wildman–Crippen LogP) is 3.24. The standard InChI is InChI=1S/C19H20N2O2/c1-2-14-8-6-7-11-17(14)21-13-15(12-18(21)22)19(23)20-16-9-4-3-5-10-16/h3-11,15H,2,12-13H2,1H3,(H,20,23)/t15-/m0/s1. The lowest BCUT2D eigenvalue weighted by Crippen LogP contribution is -2.28. The quantitative estimate of drug-likeness (QED) is 0.942. The Morgan fingerprint density at radius 3 is 2.57 bits per heavy atom. The van der Waals surface area contributed by atoms with Crippen LogP contribution < -0.4 is 10.2 Å². The summed E-state index contributed by atoms with van der Waals surface area (Å²) in [6.07, 6.45) is 1.12. The molecule has 4 heteroatoms. The number of amides is 2. The number of nitrogens with one attached hydrogen (secondary N) is 1. The number of carbonyl (C=O) groups is 2. The van der Waals surface area contributed by atoms with Gasteiger partial charge in [0.05, 0.1) is 5.92 Å². The van der Waals surface area contributed by atoms with E-state index in [2.05, 4.69) is 12.2 Å². The van der Waals surface area contributed by atoms with Gasteiger partial charge in [-0.3, -0.25) is 9.59 Å². The molecule has 1 aliphatic rings. The van der Waals surface area contributed by atoms with Gasteiger partial charge in [-0.15, -0.1) is 0 Å². The molecule has 1 fully saturated rings. The summed E-state index contributed by atoms with van der Waals surface area (Å²) in [6, 6.07) is 17.2. The van der Waals surface area contributed by atoms with Gasteiger partial charge in [0.15, 0.2) is 0 Å². The van der Waals surface area contributed by atoms with Crippen LogP contribution in [0.1, 0.15) is 18.9 Å². The van der Waals surface area contributed by atoms with Gasteiger partial charge in [-0.2, -0.15) is 0 Å². The molecule has 3 rings (SSSR count). The number of rotatable bonds is 4. The zero-order valence-corrected chi connectivity index (χ0v) is 13.2. The molecule has 0 spiro atoms. The molecule has 118 valence electrons. The zero-order chi connectivity index (χ0) is 16.2. The molecule has 0 saturated carbocycles. The van der Waals surface area contributed by atoms with Crippen LogP contribution in [0.3, 0.4) is 0 Å². The molecule has 1 N–H and O–H groups in total. The van der Waals surface area contributed by atoms with E-state index in [0.29, 0.717) is 6.54 Å². The molecular formula is C19H20N2O2. The van der Waals surface area contributed by atoms with Gasteiger partial charge in [-0.25, -0.2) is 0 Å². The third-order valence-corrected chi connectivity index (χ3v) is 4.20. The second-order valence-electron chi connectivity index (χ2n) is 5.74. The fourth-order valence-corrected chi connectivity index (χ4v) is 2.95. The highest BCUT2D eigenvalue weighted by Crippen LogP contribution is 2.29. The average molecular weight is 308 g/mol. The summed E-state index contributed by atoms with van der Waals surface area (Å²) >= 11 is 0. The van der Waals surface area contributed by atoms with Crippen LogP contribution in [0.5, 0.6) is 0 Å². The lowest BCUT2D eigenvalue weighted by atomic mass is 10.1. The van der Waals surface area contributed by atoms with Crippen LogP contribution >= 0.6 is 0 Å². The molecule has 2 aromatic rings. The van der Waals surface area contributed by atoms with Crippen LogP contribution in [-0.2, 0) is 16.0 Å². The van der Waals surface area contributed by atoms with Crippen molar-refractivity contribution < 1.29 is 9.59 Å². The number of carbonyl (C=O) groups excluding carboxylic acids is 2. The molecule has 0 radical (unpaired) electrons. The Labute approximate surface area is 136 Å². The van der Waals surface area contributed by atoms with Gasteiger partial charge >= 0.3 is 0 Å². The van der Waals surface area contributed by atoms with Crippen LogP contribution in [0, 0.1) is 5.92 Å². The van der Waals surface area contributed by atoms with Crippen molar-refractivity contribution >= 4 is 23.2 Å². The van der Waals surface area contributed by atoms with E-state index in [1.165, 1.54) is 0 Å². The van der Waals surface area contributed by atoms with Crippen LogP contribution in [0.2, 0.25) is 0 Å². The Hall–Kier alpha value is -2.62. The maximum atomic E-state index is 12.4. The number of hydrogen-bond donors (Lipinski definition) is 1. The van der Waals surface area contributed by atoms with Crippen LogP contribution in [-0.4, -0.2) is 18.4 Å². The van der Waals surface area contributed by atoms with Crippen LogP contribution in [0.4, 0.5) is 11.4 Å². The molecule has 0 aromatic heterocycles.